The SMILES string of the molecule is COc1cc(C(=O)O)cc(-c2ccccc2Cl)c1OC. The third-order valence-electron chi connectivity index (χ3n) is 2.89. The van der Waals surface area contributed by atoms with E-state index in [2.05, 4.69) is 0 Å². The van der Waals surface area contributed by atoms with Gasteiger partial charge < -0.3 is 14.6 Å². The fourth-order valence-electron chi connectivity index (χ4n) is 1.97. The molecule has 0 spiro atoms. The highest BCUT2D eigenvalue weighted by atomic mass is 35.5. The molecule has 0 atom stereocenters. The molecule has 0 saturated heterocycles. The Bertz CT molecular complexity index is 652. The second-order valence-electron chi connectivity index (χ2n) is 4.04. The van der Waals surface area contributed by atoms with Gasteiger partial charge in [0.1, 0.15) is 0 Å². The van der Waals surface area contributed by atoms with Crippen molar-refractivity contribution >= 4 is 17.6 Å². The predicted molar refractivity (Wildman–Crippen MR) is 77.0 cm³/mol. The molecule has 4 nitrogen and oxygen atoms in total. The van der Waals surface area contributed by atoms with Crippen LogP contribution >= 0.6 is 11.6 Å². The molecule has 0 aliphatic rings. The Morgan fingerprint density at radius 1 is 1.10 bits per heavy atom. The number of halogens is 1. The van der Waals surface area contributed by atoms with Crippen LogP contribution in [0.4, 0.5) is 0 Å². The summed E-state index contributed by atoms with van der Waals surface area (Å²) >= 11 is 6.17. The van der Waals surface area contributed by atoms with Crippen LogP contribution in [0.1, 0.15) is 10.4 Å². The highest BCUT2D eigenvalue weighted by molar-refractivity contribution is 6.33. The highest BCUT2D eigenvalue weighted by Crippen LogP contribution is 2.41. The van der Waals surface area contributed by atoms with Crippen molar-refractivity contribution in [3.8, 4) is 22.6 Å². The van der Waals surface area contributed by atoms with Crippen molar-refractivity contribution in [1.29, 1.82) is 0 Å². The van der Waals surface area contributed by atoms with Crippen LogP contribution in [-0.2, 0) is 0 Å². The van der Waals surface area contributed by atoms with Crippen LogP contribution in [0, 0.1) is 0 Å². The first-order chi connectivity index (χ1) is 9.58. The van der Waals surface area contributed by atoms with Crippen molar-refractivity contribution in [2.45, 2.75) is 0 Å². The van der Waals surface area contributed by atoms with Crippen molar-refractivity contribution in [2.75, 3.05) is 14.2 Å². The zero-order chi connectivity index (χ0) is 14.7. The van der Waals surface area contributed by atoms with E-state index in [0.29, 0.717) is 27.6 Å². The molecule has 5 heteroatoms. The average molecular weight is 293 g/mol. The summed E-state index contributed by atoms with van der Waals surface area (Å²) < 4.78 is 10.5. The minimum absolute atomic E-state index is 0.109. The Morgan fingerprint density at radius 3 is 2.35 bits per heavy atom. The second-order valence-corrected chi connectivity index (χ2v) is 4.45. The van der Waals surface area contributed by atoms with Gasteiger partial charge in [0.15, 0.2) is 11.5 Å². The molecule has 0 aromatic heterocycles. The number of carboxylic acid groups (broad SMARTS) is 1. The number of carbonyl (C=O) groups is 1. The smallest absolute Gasteiger partial charge is 0.335 e. The summed E-state index contributed by atoms with van der Waals surface area (Å²) in [6.07, 6.45) is 0. The fourth-order valence-corrected chi connectivity index (χ4v) is 2.21. The monoisotopic (exact) mass is 292 g/mol. The molecule has 0 aliphatic carbocycles. The number of rotatable bonds is 4. The molecule has 0 unspecified atom stereocenters. The van der Waals surface area contributed by atoms with Crippen molar-refractivity contribution in [1.82, 2.24) is 0 Å². The van der Waals surface area contributed by atoms with Gasteiger partial charge in [0.25, 0.3) is 0 Å². The zero-order valence-corrected chi connectivity index (χ0v) is 11.8. The quantitative estimate of drug-likeness (QED) is 0.933. The zero-order valence-electron chi connectivity index (χ0n) is 11.0. The summed E-state index contributed by atoms with van der Waals surface area (Å²) in [5, 5.41) is 9.69. The van der Waals surface area contributed by atoms with Crippen LogP contribution in [0.2, 0.25) is 5.02 Å². The van der Waals surface area contributed by atoms with Gasteiger partial charge in [0.2, 0.25) is 0 Å². The van der Waals surface area contributed by atoms with Crippen LogP contribution in [0.5, 0.6) is 11.5 Å². The number of carboxylic acids is 1. The summed E-state index contributed by atoms with van der Waals surface area (Å²) in [4.78, 5) is 11.2. The van der Waals surface area contributed by atoms with E-state index < -0.39 is 5.97 Å². The van der Waals surface area contributed by atoms with E-state index in [4.69, 9.17) is 21.1 Å². The maximum absolute atomic E-state index is 11.2. The molecule has 104 valence electrons. The van der Waals surface area contributed by atoms with Crippen LogP contribution in [0.25, 0.3) is 11.1 Å². The minimum atomic E-state index is -1.04. The lowest BCUT2D eigenvalue weighted by molar-refractivity contribution is 0.0696. The van der Waals surface area contributed by atoms with E-state index in [-0.39, 0.29) is 5.56 Å². The second kappa shape index (κ2) is 5.84. The first-order valence-corrected chi connectivity index (χ1v) is 6.20. The maximum Gasteiger partial charge on any atom is 0.335 e. The molecular weight excluding hydrogens is 280 g/mol. The summed E-state index contributed by atoms with van der Waals surface area (Å²) in [5.74, 6) is -0.243. The first-order valence-electron chi connectivity index (χ1n) is 5.82. The lowest BCUT2D eigenvalue weighted by Crippen LogP contribution is -2.01. The van der Waals surface area contributed by atoms with Gasteiger partial charge in [0.05, 0.1) is 19.8 Å². The molecule has 2 aromatic rings. The van der Waals surface area contributed by atoms with Gasteiger partial charge in [-0.15, -0.1) is 0 Å². The molecule has 0 bridgehead atoms. The number of benzene rings is 2. The average Bonchev–Trinajstić information content (AvgIpc) is 2.46. The van der Waals surface area contributed by atoms with E-state index >= 15 is 0 Å². The first kappa shape index (κ1) is 14.2. The summed E-state index contributed by atoms with van der Waals surface area (Å²) in [6, 6.07) is 10.1. The molecule has 2 rings (SSSR count). The van der Waals surface area contributed by atoms with Gasteiger partial charge in [-0.05, 0) is 18.2 Å². The largest absolute Gasteiger partial charge is 0.493 e. The molecule has 0 amide bonds. The molecule has 2 aromatic carbocycles. The van der Waals surface area contributed by atoms with Gasteiger partial charge in [0, 0.05) is 16.1 Å². The minimum Gasteiger partial charge on any atom is -0.493 e. The van der Waals surface area contributed by atoms with Gasteiger partial charge >= 0.3 is 5.97 Å². The normalized spacial score (nSPS) is 10.2. The Balaban J connectivity index is 2.76. The molecule has 1 N–H and O–H groups in total. The topological polar surface area (TPSA) is 55.8 Å². The molecule has 0 saturated carbocycles. The van der Waals surface area contributed by atoms with Crippen LogP contribution < -0.4 is 9.47 Å². The molecule has 0 radical (unpaired) electrons. The van der Waals surface area contributed by atoms with Crippen molar-refractivity contribution in [3.05, 3.63) is 47.0 Å². The number of hydrogen-bond acceptors (Lipinski definition) is 3. The maximum atomic E-state index is 11.2. The number of aromatic carboxylic acids is 1. The van der Waals surface area contributed by atoms with Gasteiger partial charge in [-0.25, -0.2) is 4.79 Å². The van der Waals surface area contributed by atoms with E-state index in [9.17, 15) is 9.90 Å². The van der Waals surface area contributed by atoms with Gasteiger partial charge in [-0.3, -0.25) is 0 Å². The molecule has 0 fully saturated rings. The Hall–Kier alpha value is -2.20. The number of ether oxygens (including phenoxy) is 2. The predicted octanol–water partition coefficient (Wildman–Crippen LogP) is 3.72. The van der Waals surface area contributed by atoms with E-state index in [1.807, 2.05) is 6.07 Å². The van der Waals surface area contributed by atoms with Crippen molar-refractivity contribution in [3.63, 3.8) is 0 Å². The number of methoxy groups -OCH3 is 2. The Kier molecular flexibility index (Phi) is 4.15. The lowest BCUT2D eigenvalue weighted by Gasteiger charge is -2.15. The molecule has 0 aliphatic heterocycles. The highest BCUT2D eigenvalue weighted by Gasteiger charge is 2.18. The van der Waals surface area contributed by atoms with Crippen molar-refractivity contribution < 1.29 is 19.4 Å². The Labute approximate surface area is 121 Å². The molecule has 20 heavy (non-hydrogen) atoms. The molecular formula is C15H13ClO4. The molecule has 0 heterocycles. The van der Waals surface area contributed by atoms with Gasteiger partial charge in [-0.2, -0.15) is 0 Å². The van der Waals surface area contributed by atoms with E-state index in [1.165, 1.54) is 26.4 Å². The van der Waals surface area contributed by atoms with Crippen LogP contribution in [0.3, 0.4) is 0 Å². The third-order valence-corrected chi connectivity index (χ3v) is 3.22. The summed E-state index contributed by atoms with van der Waals surface area (Å²) in [6.45, 7) is 0. The third kappa shape index (κ3) is 2.56. The standard InChI is InChI=1S/C15H13ClO4/c1-19-13-8-9(15(17)18)7-11(14(13)20-2)10-5-3-4-6-12(10)16/h3-8H,1-2H3,(H,17,18). The van der Waals surface area contributed by atoms with Crippen LogP contribution in [0.15, 0.2) is 36.4 Å². The fraction of sp³-hybridized carbons (Fsp3) is 0.133. The van der Waals surface area contributed by atoms with Crippen LogP contribution in [-0.4, -0.2) is 25.3 Å². The lowest BCUT2D eigenvalue weighted by atomic mass is 10.0. The van der Waals surface area contributed by atoms with E-state index in [0.717, 1.165) is 0 Å². The summed E-state index contributed by atoms with van der Waals surface area (Å²) in [5.41, 5.74) is 1.37. The Morgan fingerprint density at radius 2 is 1.80 bits per heavy atom. The van der Waals surface area contributed by atoms with Crippen molar-refractivity contribution in [2.24, 2.45) is 0 Å². The summed E-state index contributed by atoms with van der Waals surface area (Å²) in [7, 11) is 2.96. The van der Waals surface area contributed by atoms with E-state index in [1.54, 1.807) is 18.2 Å². The number of hydrogen-bond donors (Lipinski definition) is 1. The van der Waals surface area contributed by atoms with Gasteiger partial charge in [-0.1, -0.05) is 29.8 Å².